The summed E-state index contributed by atoms with van der Waals surface area (Å²) in [5, 5.41) is 0.799. The third kappa shape index (κ3) is 3.21. The zero-order valence-electron chi connectivity index (χ0n) is 11.4. The van der Waals surface area contributed by atoms with E-state index in [4.69, 9.17) is 22.1 Å². The van der Waals surface area contributed by atoms with Crippen LogP contribution in [0.5, 0.6) is 5.75 Å². The minimum absolute atomic E-state index is 0.0272. The summed E-state index contributed by atoms with van der Waals surface area (Å²) in [5.74, 6) is 0.837. The van der Waals surface area contributed by atoms with Crippen LogP contribution in [0.25, 0.3) is 0 Å². The van der Waals surface area contributed by atoms with Gasteiger partial charge in [-0.05, 0) is 61.7 Å². The molecule has 2 aromatic rings. The fourth-order valence-corrected chi connectivity index (χ4v) is 2.12. The van der Waals surface area contributed by atoms with E-state index in [1.807, 2.05) is 57.2 Å². The molecule has 0 radical (unpaired) electrons. The van der Waals surface area contributed by atoms with Gasteiger partial charge >= 0.3 is 0 Å². The number of hydrogen-bond donors (Lipinski definition) is 1. The third-order valence-corrected chi connectivity index (χ3v) is 3.72. The van der Waals surface area contributed by atoms with Crippen LogP contribution in [0.3, 0.4) is 0 Å². The van der Waals surface area contributed by atoms with E-state index in [1.54, 1.807) is 0 Å². The molecule has 3 heteroatoms. The molecule has 2 aromatic carbocycles. The molecule has 0 bridgehead atoms. The van der Waals surface area contributed by atoms with E-state index in [2.05, 4.69) is 0 Å². The molecule has 2 rings (SSSR count). The highest BCUT2D eigenvalue weighted by atomic mass is 35.5. The van der Waals surface area contributed by atoms with Gasteiger partial charge < -0.3 is 10.5 Å². The monoisotopic (exact) mass is 275 g/mol. The van der Waals surface area contributed by atoms with Gasteiger partial charge in [-0.15, -0.1) is 0 Å². The Balaban J connectivity index is 2.19. The summed E-state index contributed by atoms with van der Waals surface area (Å²) in [6.45, 7) is 5.98. The van der Waals surface area contributed by atoms with E-state index in [0.29, 0.717) is 0 Å². The number of rotatable bonds is 3. The number of nitrogen functional groups attached to an aromatic ring is 1. The van der Waals surface area contributed by atoms with Gasteiger partial charge in [-0.25, -0.2) is 0 Å². The molecular weight excluding hydrogens is 258 g/mol. The first kappa shape index (κ1) is 13.8. The molecular formula is C16H18ClNO. The molecule has 0 heterocycles. The number of benzene rings is 2. The van der Waals surface area contributed by atoms with Gasteiger partial charge in [0, 0.05) is 10.7 Å². The first-order valence-electron chi connectivity index (χ1n) is 6.26. The molecule has 0 aliphatic rings. The number of aryl methyl sites for hydroxylation is 2. The number of ether oxygens (including phenoxy) is 1. The molecule has 0 amide bonds. The normalized spacial score (nSPS) is 12.2. The summed E-state index contributed by atoms with van der Waals surface area (Å²) in [5.41, 5.74) is 9.59. The van der Waals surface area contributed by atoms with Crippen molar-refractivity contribution in [1.82, 2.24) is 0 Å². The Kier molecular flexibility index (Phi) is 4.01. The van der Waals surface area contributed by atoms with Crippen molar-refractivity contribution in [2.45, 2.75) is 26.9 Å². The Morgan fingerprint density at radius 3 is 2.11 bits per heavy atom. The van der Waals surface area contributed by atoms with Crippen LogP contribution < -0.4 is 10.5 Å². The molecule has 1 unspecified atom stereocenters. The number of halogens is 1. The molecule has 2 N–H and O–H groups in total. The lowest BCUT2D eigenvalue weighted by atomic mass is 10.1. The minimum Gasteiger partial charge on any atom is -0.486 e. The van der Waals surface area contributed by atoms with Gasteiger partial charge in [-0.3, -0.25) is 0 Å². The molecule has 19 heavy (non-hydrogen) atoms. The summed E-state index contributed by atoms with van der Waals surface area (Å²) in [6, 6.07) is 11.7. The maximum absolute atomic E-state index is 6.15. The molecule has 0 aliphatic carbocycles. The Hall–Kier alpha value is -1.67. The van der Waals surface area contributed by atoms with Crippen LogP contribution in [-0.2, 0) is 0 Å². The zero-order chi connectivity index (χ0) is 14.0. The fourth-order valence-electron chi connectivity index (χ4n) is 2.01. The number of hydrogen-bond acceptors (Lipinski definition) is 2. The van der Waals surface area contributed by atoms with Crippen LogP contribution in [0.4, 0.5) is 5.69 Å². The van der Waals surface area contributed by atoms with E-state index in [-0.39, 0.29) is 6.10 Å². The fraction of sp³-hybridized carbons (Fsp3) is 0.250. The lowest BCUT2D eigenvalue weighted by Gasteiger charge is -2.17. The van der Waals surface area contributed by atoms with E-state index in [9.17, 15) is 0 Å². The molecule has 0 aromatic heterocycles. The summed E-state index contributed by atoms with van der Waals surface area (Å²) < 4.78 is 5.96. The highest BCUT2D eigenvalue weighted by Crippen LogP contribution is 2.29. The highest BCUT2D eigenvalue weighted by molar-refractivity contribution is 6.32. The lowest BCUT2D eigenvalue weighted by molar-refractivity contribution is 0.226. The maximum Gasteiger partial charge on any atom is 0.121 e. The van der Waals surface area contributed by atoms with E-state index < -0.39 is 0 Å². The van der Waals surface area contributed by atoms with Gasteiger partial charge in [0.15, 0.2) is 0 Å². The Labute approximate surface area is 119 Å². The first-order chi connectivity index (χ1) is 8.97. The summed E-state index contributed by atoms with van der Waals surface area (Å²) in [6.07, 6.45) is -0.0272. The minimum atomic E-state index is -0.0272. The van der Waals surface area contributed by atoms with E-state index >= 15 is 0 Å². The zero-order valence-corrected chi connectivity index (χ0v) is 12.2. The Morgan fingerprint density at radius 1 is 1.05 bits per heavy atom. The van der Waals surface area contributed by atoms with Crippen LogP contribution >= 0.6 is 11.6 Å². The summed E-state index contributed by atoms with van der Waals surface area (Å²) in [4.78, 5) is 0. The summed E-state index contributed by atoms with van der Waals surface area (Å²) in [7, 11) is 0. The number of anilines is 1. The van der Waals surface area contributed by atoms with Crippen molar-refractivity contribution in [3.63, 3.8) is 0 Å². The molecule has 100 valence electrons. The topological polar surface area (TPSA) is 35.2 Å². The van der Waals surface area contributed by atoms with Gasteiger partial charge in [0.05, 0.1) is 0 Å². The highest BCUT2D eigenvalue weighted by Gasteiger charge is 2.09. The van der Waals surface area contributed by atoms with Crippen molar-refractivity contribution < 1.29 is 4.74 Å². The molecule has 0 saturated carbocycles. The molecule has 0 saturated heterocycles. The second kappa shape index (κ2) is 5.54. The van der Waals surface area contributed by atoms with Crippen molar-refractivity contribution >= 4 is 17.3 Å². The van der Waals surface area contributed by atoms with Crippen molar-refractivity contribution in [3.05, 3.63) is 58.1 Å². The van der Waals surface area contributed by atoms with Crippen LogP contribution in [0.2, 0.25) is 5.02 Å². The standard InChI is InChI=1S/C16H18ClNO/c1-10-8-15(9-11(2)16(10)17)19-12(3)13-4-6-14(18)7-5-13/h4-9,12H,18H2,1-3H3. The second-order valence-corrected chi connectivity index (χ2v) is 5.18. The molecule has 2 nitrogen and oxygen atoms in total. The predicted octanol–water partition coefficient (Wildman–Crippen LogP) is 4.68. The average molecular weight is 276 g/mol. The first-order valence-corrected chi connectivity index (χ1v) is 6.64. The van der Waals surface area contributed by atoms with Gasteiger partial charge in [0.25, 0.3) is 0 Å². The second-order valence-electron chi connectivity index (χ2n) is 4.80. The molecule has 0 spiro atoms. The van der Waals surface area contributed by atoms with Gasteiger partial charge in [0.1, 0.15) is 11.9 Å². The van der Waals surface area contributed by atoms with Gasteiger partial charge in [-0.1, -0.05) is 23.7 Å². The van der Waals surface area contributed by atoms with Crippen molar-refractivity contribution in [2.24, 2.45) is 0 Å². The lowest BCUT2D eigenvalue weighted by Crippen LogP contribution is -2.03. The van der Waals surface area contributed by atoms with E-state index in [0.717, 1.165) is 33.1 Å². The van der Waals surface area contributed by atoms with E-state index in [1.165, 1.54) is 0 Å². The summed E-state index contributed by atoms with van der Waals surface area (Å²) >= 11 is 6.15. The van der Waals surface area contributed by atoms with Gasteiger partial charge in [0.2, 0.25) is 0 Å². The smallest absolute Gasteiger partial charge is 0.121 e. The third-order valence-electron chi connectivity index (χ3n) is 3.13. The number of nitrogens with two attached hydrogens (primary N) is 1. The molecule has 0 fully saturated rings. The molecule has 1 atom stereocenters. The van der Waals surface area contributed by atoms with Crippen LogP contribution in [0.1, 0.15) is 29.7 Å². The Bertz CT molecular complexity index is 555. The van der Waals surface area contributed by atoms with Crippen LogP contribution in [-0.4, -0.2) is 0 Å². The Morgan fingerprint density at radius 2 is 1.58 bits per heavy atom. The average Bonchev–Trinajstić information content (AvgIpc) is 2.36. The maximum atomic E-state index is 6.15. The van der Waals surface area contributed by atoms with Crippen molar-refractivity contribution in [1.29, 1.82) is 0 Å². The predicted molar refractivity (Wildman–Crippen MR) is 80.8 cm³/mol. The van der Waals surface area contributed by atoms with Crippen LogP contribution in [0.15, 0.2) is 36.4 Å². The van der Waals surface area contributed by atoms with Crippen molar-refractivity contribution in [2.75, 3.05) is 5.73 Å². The SMILES string of the molecule is Cc1cc(OC(C)c2ccc(N)cc2)cc(C)c1Cl. The largest absolute Gasteiger partial charge is 0.486 e. The molecule has 0 aliphatic heterocycles. The quantitative estimate of drug-likeness (QED) is 0.826. The van der Waals surface area contributed by atoms with Gasteiger partial charge in [-0.2, -0.15) is 0 Å². The van der Waals surface area contributed by atoms with Crippen LogP contribution in [0, 0.1) is 13.8 Å². The van der Waals surface area contributed by atoms with Crippen molar-refractivity contribution in [3.8, 4) is 5.75 Å².